The quantitative estimate of drug-likeness (QED) is 0.827. The number of anilines is 1. The third-order valence-electron chi connectivity index (χ3n) is 6.69. The first-order valence-corrected chi connectivity index (χ1v) is 10.8. The van der Waals surface area contributed by atoms with Gasteiger partial charge in [0, 0.05) is 37.7 Å². The second kappa shape index (κ2) is 9.30. The van der Waals surface area contributed by atoms with Crippen molar-refractivity contribution in [2.24, 2.45) is 11.8 Å². The van der Waals surface area contributed by atoms with E-state index in [0.29, 0.717) is 6.10 Å². The molecule has 0 unspecified atom stereocenters. The lowest BCUT2D eigenvalue weighted by Gasteiger charge is -2.39. The van der Waals surface area contributed by atoms with Crippen molar-refractivity contribution >= 4 is 5.95 Å². The van der Waals surface area contributed by atoms with Crippen molar-refractivity contribution in [3.05, 3.63) is 18.0 Å². The molecule has 27 heavy (non-hydrogen) atoms. The summed E-state index contributed by atoms with van der Waals surface area (Å²) >= 11 is 0. The summed E-state index contributed by atoms with van der Waals surface area (Å²) in [6, 6.07) is 0. The number of nitrogens with one attached hydrogen (secondary N) is 1. The molecule has 1 N–H and O–H groups in total. The molecule has 0 aromatic carbocycles. The van der Waals surface area contributed by atoms with Crippen LogP contribution >= 0.6 is 0 Å². The Balaban J connectivity index is 1.18. The van der Waals surface area contributed by atoms with Crippen molar-refractivity contribution in [2.45, 2.75) is 51.2 Å². The number of rotatable bonds is 6. The summed E-state index contributed by atoms with van der Waals surface area (Å²) in [4.78, 5) is 14.0. The first-order chi connectivity index (χ1) is 13.3. The third kappa shape index (κ3) is 5.39. The largest absolute Gasteiger partial charge is 0.376 e. The molecule has 0 radical (unpaired) electrons. The van der Waals surface area contributed by atoms with Crippen LogP contribution in [0.2, 0.25) is 0 Å². The van der Waals surface area contributed by atoms with Crippen LogP contribution in [0.1, 0.15) is 44.1 Å². The molecule has 0 aliphatic carbocycles. The summed E-state index contributed by atoms with van der Waals surface area (Å²) < 4.78 is 5.63. The average molecular weight is 374 g/mol. The first kappa shape index (κ1) is 19.1. The lowest BCUT2D eigenvalue weighted by Crippen LogP contribution is -2.39. The van der Waals surface area contributed by atoms with E-state index < -0.39 is 0 Å². The van der Waals surface area contributed by atoms with Crippen LogP contribution in [0.3, 0.4) is 0 Å². The summed E-state index contributed by atoms with van der Waals surface area (Å²) in [5, 5.41) is 3.30. The number of piperidine rings is 2. The molecule has 3 saturated heterocycles. The average Bonchev–Trinajstić information content (AvgIpc) is 3.22. The highest BCUT2D eigenvalue weighted by Gasteiger charge is 2.28. The molecule has 3 aliphatic rings. The van der Waals surface area contributed by atoms with Gasteiger partial charge in [0.15, 0.2) is 0 Å². The van der Waals surface area contributed by atoms with Crippen molar-refractivity contribution in [1.29, 1.82) is 0 Å². The molecule has 3 fully saturated rings. The number of aromatic nitrogens is 2. The molecule has 150 valence electrons. The highest BCUT2D eigenvalue weighted by atomic mass is 16.5. The van der Waals surface area contributed by atoms with E-state index in [1.54, 1.807) is 0 Å². The second-order valence-corrected chi connectivity index (χ2v) is 8.69. The van der Waals surface area contributed by atoms with Gasteiger partial charge in [-0.15, -0.1) is 0 Å². The SMILES string of the molecule is CN1CCC(C2CCN(Cc3cnc(NC[C@@H]4CCCO4)nc3)CC2)CC1. The van der Waals surface area contributed by atoms with Crippen LogP contribution in [0.5, 0.6) is 0 Å². The van der Waals surface area contributed by atoms with Gasteiger partial charge in [0.05, 0.1) is 6.10 Å². The Labute approximate surface area is 163 Å². The number of nitrogens with zero attached hydrogens (tertiary/aromatic N) is 4. The summed E-state index contributed by atoms with van der Waals surface area (Å²) in [5.74, 6) is 2.62. The number of likely N-dealkylation sites (tertiary alicyclic amines) is 2. The van der Waals surface area contributed by atoms with Crippen LogP contribution in [-0.4, -0.2) is 72.3 Å². The molecule has 4 heterocycles. The van der Waals surface area contributed by atoms with Gasteiger partial charge in [-0.05, 0) is 83.6 Å². The topological polar surface area (TPSA) is 53.5 Å². The minimum absolute atomic E-state index is 0.319. The summed E-state index contributed by atoms with van der Waals surface area (Å²) in [5.41, 5.74) is 1.22. The predicted octanol–water partition coefficient (Wildman–Crippen LogP) is 2.62. The van der Waals surface area contributed by atoms with Crippen molar-refractivity contribution in [3.63, 3.8) is 0 Å². The van der Waals surface area contributed by atoms with Gasteiger partial charge in [0.1, 0.15) is 0 Å². The Bertz CT molecular complexity index is 558. The molecule has 0 spiro atoms. The fraction of sp³-hybridized carbons (Fsp3) is 0.810. The van der Waals surface area contributed by atoms with E-state index >= 15 is 0 Å². The normalized spacial score (nSPS) is 26.5. The van der Waals surface area contributed by atoms with Gasteiger partial charge in [-0.3, -0.25) is 4.90 Å². The van der Waals surface area contributed by atoms with Crippen molar-refractivity contribution < 1.29 is 4.74 Å². The van der Waals surface area contributed by atoms with Gasteiger partial charge in [0.2, 0.25) is 5.95 Å². The van der Waals surface area contributed by atoms with E-state index in [1.165, 1.54) is 63.8 Å². The number of hydrogen-bond acceptors (Lipinski definition) is 6. The minimum atomic E-state index is 0.319. The predicted molar refractivity (Wildman–Crippen MR) is 108 cm³/mol. The summed E-state index contributed by atoms with van der Waals surface area (Å²) in [6.45, 7) is 7.69. The van der Waals surface area contributed by atoms with Gasteiger partial charge in [-0.1, -0.05) is 0 Å². The maximum absolute atomic E-state index is 5.63. The molecule has 4 rings (SSSR count). The van der Waals surface area contributed by atoms with Crippen LogP contribution in [-0.2, 0) is 11.3 Å². The van der Waals surface area contributed by atoms with E-state index in [2.05, 4.69) is 32.1 Å². The van der Waals surface area contributed by atoms with Gasteiger partial charge in [0.25, 0.3) is 0 Å². The van der Waals surface area contributed by atoms with Crippen molar-refractivity contribution in [3.8, 4) is 0 Å². The maximum Gasteiger partial charge on any atom is 0.222 e. The number of ether oxygens (including phenoxy) is 1. The molecule has 1 aromatic rings. The molecular formula is C21H35N5O. The Kier molecular flexibility index (Phi) is 6.58. The smallest absolute Gasteiger partial charge is 0.222 e. The zero-order valence-electron chi connectivity index (χ0n) is 16.8. The molecule has 0 amide bonds. The molecule has 6 heteroatoms. The Morgan fingerprint density at radius 2 is 1.67 bits per heavy atom. The van der Waals surface area contributed by atoms with Gasteiger partial charge in [-0.25, -0.2) is 9.97 Å². The van der Waals surface area contributed by atoms with Crippen molar-refractivity contribution in [1.82, 2.24) is 19.8 Å². The Morgan fingerprint density at radius 1 is 1.00 bits per heavy atom. The van der Waals surface area contributed by atoms with E-state index in [1.807, 2.05) is 12.4 Å². The van der Waals surface area contributed by atoms with Crippen LogP contribution in [0, 0.1) is 11.8 Å². The standard InChI is InChI=1S/C21H35N5O/c1-25-8-4-18(5-9-25)19-6-10-26(11-7-19)16-17-13-22-21(23-14-17)24-15-20-3-2-12-27-20/h13-14,18-20H,2-12,15-16H2,1H3,(H,22,23,24)/t20-/m0/s1. The lowest BCUT2D eigenvalue weighted by molar-refractivity contribution is 0.102. The second-order valence-electron chi connectivity index (χ2n) is 8.69. The number of hydrogen-bond donors (Lipinski definition) is 1. The van der Waals surface area contributed by atoms with Crippen molar-refractivity contribution in [2.75, 3.05) is 51.7 Å². The Morgan fingerprint density at radius 3 is 2.30 bits per heavy atom. The maximum atomic E-state index is 5.63. The molecule has 6 nitrogen and oxygen atoms in total. The fourth-order valence-corrected chi connectivity index (χ4v) is 4.88. The first-order valence-electron chi connectivity index (χ1n) is 10.8. The highest BCUT2D eigenvalue weighted by molar-refractivity contribution is 5.25. The lowest BCUT2D eigenvalue weighted by atomic mass is 9.79. The van der Waals surface area contributed by atoms with Crippen LogP contribution < -0.4 is 5.32 Å². The van der Waals surface area contributed by atoms with E-state index in [0.717, 1.165) is 43.9 Å². The van der Waals surface area contributed by atoms with Gasteiger partial charge in [-0.2, -0.15) is 0 Å². The molecular weight excluding hydrogens is 338 g/mol. The molecule has 0 bridgehead atoms. The zero-order chi connectivity index (χ0) is 18.5. The monoisotopic (exact) mass is 373 g/mol. The molecule has 1 aromatic heterocycles. The fourth-order valence-electron chi connectivity index (χ4n) is 4.88. The van der Waals surface area contributed by atoms with Gasteiger partial charge >= 0.3 is 0 Å². The van der Waals surface area contributed by atoms with E-state index in [-0.39, 0.29) is 0 Å². The van der Waals surface area contributed by atoms with E-state index in [9.17, 15) is 0 Å². The summed E-state index contributed by atoms with van der Waals surface area (Å²) in [6.07, 6.45) is 12.1. The Hall–Kier alpha value is -1.24. The molecule has 0 saturated carbocycles. The zero-order valence-corrected chi connectivity index (χ0v) is 16.8. The van der Waals surface area contributed by atoms with Gasteiger partial charge < -0.3 is 15.0 Å². The molecule has 3 aliphatic heterocycles. The van der Waals surface area contributed by atoms with Crippen LogP contribution in [0.15, 0.2) is 12.4 Å². The molecule has 1 atom stereocenters. The third-order valence-corrected chi connectivity index (χ3v) is 6.69. The minimum Gasteiger partial charge on any atom is -0.376 e. The van der Waals surface area contributed by atoms with E-state index in [4.69, 9.17) is 4.74 Å². The van der Waals surface area contributed by atoms with Crippen LogP contribution in [0.25, 0.3) is 0 Å². The highest BCUT2D eigenvalue weighted by Crippen LogP contribution is 2.32. The summed E-state index contributed by atoms with van der Waals surface area (Å²) in [7, 11) is 2.25. The van der Waals surface area contributed by atoms with Crippen LogP contribution in [0.4, 0.5) is 5.95 Å².